The van der Waals surface area contributed by atoms with E-state index in [2.05, 4.69) is 52.2 Å². The third-order valence-corrected chi connectivity index (χ3v) is 5.44. The van der Waals surface area contributed by atoms with Crippen LogP contribution in [0.15, 0.2) is 53.0 Å². The molecule has 0 aliphatic carbocycles. The van der Waals surface area contributed by atoms with Crippen molar-refractivity contribution < 1.29 is 9.59 Å². The Hall–Kier alpha value is -2.54. The van der Waals surface area contributed by atoms with Crippen LogP contribution in [0.3, 0.4) is 0 Å². The molecular weight excluding hydrogens is 444 g/mol. The standard InChI is InChI=1S/C23H29BrN4O2/c1-23(2,3)16-21(29)28-14-12-27(13-15-28)20-10-8-19(9-11-20)26-22(30)25-18-6-4-17(24)5-7-18/h4-11H,12-16H2,1-3H3,(H2,25,26,30). The van der Waals surface area contributed by atoms with Gasteiger partial charge in [0, 0.05) is 54.1 Å². The number of carbonyl (C=O) groups is 2. The largest absolute Gasteiger partial charge is 0.368 e. The zero-order chi connectivity index (χ0) is 21.7. The average molecular weight is 473 g/mol. The molecule has 0 atom stereocenters. The first kappa shape index (κ1) is 22.2. The van der Waals surface area contributed by atoms with Crippen LogP contribution >= 0.6 is 15.9 Å². The lowest BCUT2D eigenvalue weighted by Gasteiger charge is -2.37. The molecule has 1 saturated heterocycles. The lowest BCUT2D eigenvalue weighted by atomic mass is 9.91. The van der Waals surface area contributed by atoms with Gasteiger partial charge in [-0.15, -0.1) is 0 Å². The van der Waals surface area contributed by atoms with Crippen LogP contribution in [0.2, 0.25) is 0 Å². The smallest absolute Gasteiger partial charge is 0.323 e. The molecule has 3 amide bonds. The van der Waals surface area contributed by atoms with Crippen LogP contribution in [0.4, 0.5) is 21.9 Å². The Labute approximate surface area is 186 Å². The second-order valence-electron chi connectivity index (χ2n) is 8.74. The van der Waals surface area contributed by atoms with Gasteiger partial charge in [0.2, 0.25) is 5.91 Å². The Bertz CT molecular complexity index is 868. The number of urea groups is 1. The zero-order valence-corrected chi connectivity index (χ0v) is 19.3. The van der Waals surface area contributed by atoms with Crippen LogP contribution in [0.1, 0.15) is 27.2 Å². The fraction of sp³-hybridized carbons (Fsp3) is 0.391. The molecule has 1 aliphatic heterocycles. The molecule has 0 radical (unpaired) electrons. The van der Waals surface area contributed by atoms with Crippen molar-refractivity contribution in [1.82, 2.24) is 4.90 Å². The average Bonchev–Trinajstić information content (AvgIpc) is 2.69. The molecular formula is C23H29BrN4O2. The Balaban J connectivity index is 1.49. The Morgan fingerprint density at radius 1 is 0.867 bits per heavy atom. The molecule has 3 rings (SSSR count). The molecule has 1 fully saturated rings. The maximum Gasteiger partial charge on any atom is 0.323 e. The number of benzene rings is 2. The van der Waals surface area contributed by atoms with Crippen molar-refractivity contribution in [3.8, 4) is 0 Å². The quantitative estimate of drug-likeness (QED) is 0.644. The van der Waals surface area contributed by atoms with E-state index < -0.39 is 0 Å². The molecule has 0 saturated carbocycles. The second kappa shape index (κ2) is 9.51. The molecule has 1 heterocycles. The number of carbonyl (C=O) groups excluding carboxylic acids is 2. The number of anilines is 3. The van der Waals surface area contributed by atoms with E-state index in [-0.39, 0.29) is 17.4 Å². The number of hydrogen-bond donors (Lipinski definition) is 2. The molecule has 0 aromatic heterocycles. The summed E-state index contributed by atoms with van der Waals surface area (Å²) in [5.74, 6) is 0.235. The summed E-state index contributed by atoms with van der Waals surface area (Å²) in [6.07, 6.45) is 0.579. The number of halogens is 1. The molecule has 160 valence electrons. The molecule has 2 aromatic carbocycles. The van der Waals surface area contributed by atoms with Gasteiger partial charge in [0.1, 0.15) is 0 Å². The van der Waals surface area contributed by atoms with Crippen LogP contribution in [-0.2, 0) is 4.79 Å². The minimum absolute atomic E-state index is 0.0146. The van der Waals surface area contributed by atoms with Crippen LogP contribution in [0, 0.1) is 5.41 Å². The first-order valence-electron chi connectivity index (χ1n) is 10.2. The summed E-state index contributed by atoms with van der Waals surface area (Å²) in [6, 6.07) is 14.9. The molecule has 2 aromatic rings. The molecule has 0 unspecified atom stereocenters. The Kier molecular flexibility index (Phi) is 7.02. The van der Waals surface area contributed by atoms with Crippen molar-refractivity contribution in [2.75, 3.05) is 41.7 Å². The minimum Gasteiger partial charge on any atom is -0.368 e. The lowest BCUT2D eigenvalue weighted by Crippen LogP contribution is -2.49. The maximum atomic E-state index is 12.4. The summed E-state index contributed by atoms with van der Waals surface area (Å²) in [5, 5.41) is 5.65. The van der Waals surface area contributed by atoms with Crippen LogP contribution in [-0.4, -0.2) is 43.0 Å². The first-order valence-corrected chi connectivity index (χ1v) is 11.0. The Morgan fingerprint density at radius 3 is 1.87 bits per heavy atom. The third kappa shape index (κ3) is 6.49. The van der Waals surface area contributed by atoms with Crippen molar-refractivity contribution >= 4 is 44.9 Å². The van der Waals surface area contributed by atoms with Crippen molar-refractivity contribution in [1.29, 1.82) is 0 Å². The molecule has 0 spiro atoms. The van der Waals surface area contributed by atoms with Gasteiger partial charge in [-0.2, -0.15) is 0 Å². The number of nitrogens with zero attached hydrogens (tertiary/aromatic N) is 2. The highest BCUT2D eigenvalue weighted by atomic mass is 79.9. The monoisotopic (exact) mass is 472 g/mol. The van der Waals surface area contributed by atoms with E-state index >= 15 is 0 Å². The van der Waals surface area contributed by atoms with Crippen molar-refractivity contribution in [3.05, 3.63) is 53.0 Å². The number of amides is 3. The topological polar surface area (TPSA) is 64.7 Å². The molecule has 2 N–H and O–H groups in total. The fourth-order valence-corrected chi connectivity index (χ4v) is 3.63. The SMILES string of the molecule is CC(C)(C)CC(=O)N1CCN(c2ccc(NC(=O)Nc3ccc(Br)cc3)cc2)CC1. The van der Waals surface area contributed by atoms with Gasteiger partial charge in [-0.05, 0) is 53.9 Å². The second-order valence-corrected chi connectivity index (χ2v) is 9.65. The minimum atomic E-state index is -0.281. The van der Waals surface area contributed by atoms with Gasteiger partial charge >= 0.3 is 6.03 Å². The molecule has 6 nitrogen and oxygen atoms in total. The van der Waals surface area contributed by atoms with Crippen LogP contribution in [0.25, 0.3) is 0 Å². The molecule has 7 heteroatoms. The van der Waals surface area contributed by atoms with Gasteiger partial charge < -0.3 is 20.4 Å². The van der Waals surface area contributed by atoms with E-state index in [1.807, 2.05) is 53.4 Å². The normalized spacial score (nSPS) is 14.4. The Morgan fingerprint density at radius 2 is 1.37 bits per heavy atom. The summed E-state index contributed by atoms with van der Waals surface area (Å²) in [4.78, 5) is 28.8. The molecule has 0 bridgehead atoms. The van der Waals surface area contributed by atoms with Gasteiger partial charge in [0.15, 0.2) is 0 Å². The van der Waals surface area contributed by atoms with Crippen molar-refractivity contribution in [2.24, 2.45) is 5.41 Å². The maximum absolute atomic E-state index is 12.4. The predicted octanol–water partition coefficient (Wildman–Crippen LogP) is 5.18. The highest BCUT2D eigenvalue weighted by Crippen LogP contribution is 2.23. The predicted molar refractivity (Wildman–Crippen MR) is 126 cm³/mol. The molecule has 1 aliphatic rings. The number of hydrogen-bond acceptors (Lipinski definition) is 3. The fourth-order valence-electron chi connectivity index (χ4n) is 3.36. The van der Waals surface area contributed by atoms with E-state index in [4.69, 9.17) is 0 Å². The van der Waals surface area contributed by atoms with E-state index in [0.717, 1.165) is 47.7 Å². The van der Waals surface area contributed by atoms with E-state index in [0.29, 0.717) is 6.42 Å². The lowest BCUT2D eigenvalue weighted by molar-refractivity contribution is -0.133. The zero-order valence-electron chi connectivity index (χ0n) is 17.7. The summed E-state index contributed by atoms with van der Waals surface area (Å²) in [7, 11) is 0. The number of nitrogens with one attached hydrogen (secondary N) is 2. The van der Waals surface area contributed by atoms with Gasteiger partial charge in [0.05, 0.1) is 0 Å². The number of rotatable bonds is 4. The van der Waals surface area contributed by atoms with Crippen molar-refractivity contribution in [2.45, 2.75) is 27.2 Å². The van der Waals surface area contributed by atoms with Gasteiger partial charge in [-0.1, -0.05) is 36.7 Å². The van der Waals surface area contributed by atoms with Gasteiger partial charge in [-0.3, -0.25) is 4.79 Å². The highest BCUT2D eigenvalue weighted by molar-refractivity contribution is 9.10. The summed E-state index contributed by atoms with van der Waals surface area (Å²) < 4.78 is 0.962. The van der Waals surface area contributed by atoms with E-state index in [1.165, 1.54) is 0 Å². The highest BCUT2D eigenvalue weighted by Gasteiger charge is 2.24. The first-order chi connectivity index (χ1) is 14.2. The molecule has 30 heavy (non-hydrogen) atoms. The van der Waals surface area contributed by atoms with Crippen molar-refractivity contribution in [3.63, 3.8) is 0 Å². The summed E-state index contributed by atoms with van der Waals surface area (Å²) in [6.45, 7) is 9.39. The van der Waals surface area contributed by atoms with Gasteiger partial charge in [-0.25, -0.2) is 4.79 Å². The van der Waals surface area contributed by atoms with Crippen LogP contribution < -0.4 is 15.5 Å². The van der Waals surface area contributed by atoms with Crippen LogP contribution in [0.5, 0.6) is 0 Å². The van der Waals surface area contributed by atoms with E-state index in [9.17, 15) is 9.59 Å². The number of piperazine rings is 1. The third-order valence-electron chi connectivity index (χ3n) is 4.91. The van der Waals surface area contributed by atoms with E-state index in [1.54, 1.807) is 0 Å². The summed E-state index contributed by atoms with van der Waals surface area (Å²) >= 11 is 3.37. The summed E-state index contributed by atoms with van der Waals surface area (Å²) in [5.41, 5.74) is 2.57. The van der Waals surface area contributed by atoms with Gasteiger partial charge in [0.25, 0.3) is 0 Å².